The van der Waals surface area contributed by atoms with Crippen LogP contribution < -0.4 is 10.6 Å². The summed E-state index contributed by atoms with van der Waals surface area (Å²) >= 11 is 0. The fourth-order valence-electron chi connectivity index (χ4n) is 2.64. The molecule has 0 atom stereocenters. The second-order valence-electron chi connectivity index (χ2n) is 6.12. The Morgan fingerprint density at radius 1 is 0.923 bits per heavy atom. The standard InChI is InChI=1S/C21H21N3O2/c1-15-6-5-7-19(16(15)2)23-20(25)14-22-21(26)17-8-10-18(11-9-17)24-12-3-4-13-24/h3-13H,14H2,1-2H3,(H,22,26)(H,23,25). The lowest BCUT2D eigenvalue weighted by molar-refractivity contribution is -0.115. The van der Waals surface area contributed by atoms with Crippen molar-refractivity contribution in [1.29, 1.82) is 0 Å². The normalized spacial score (nSPS) is 10.4. The molecule has 5 heteroatoms. The minimum absolute atomic E-state index is 0.0778. The van der Waals surface area contributed by atoms with Crippen LogP contribution >= 0.6 is 0 Å². The summed E-state index contributed by atoms with van der Waals surface area (Å²) < 4.78 is 1.96. The number of nitrogens with one attached hydrogen (secondary N) is 2. The van der Waals surface area contributed by atoms with Gasteiger partial charge in [0.2, 0.25) is 5.91 Å². The van der Waals surface area contributed by atoms with E-state index in [4.69, 9.17) is 0 Å². The molecule has 0 aliphatic heterocycles. The number of hydrogen-bond donors (Lipinski definition) is 2. The lowest BCUT2D eigenvalue weighted by atomic mass is 10.1. The number of rotatable bonds is 5. The lowest BCUT2D eigenvalue weighted by Gasteiger charge is -2.11. The Bertz CT molecular complexity index is 913. The Morgan fingerprint density at radius 2 is 1.62 bits per heavy atom. The number of aromatic nitrogens is 1. The van der Waals surface area contributed by atoms with Gasteiger partial charge >= 0.3 is 0 Å². The van der Waals surface area contributed by atoms with Crippen molar-refractivity contribution in [2.24, 2.45) is 0 Å². The molecule has 3 aromatic rings. The highest BCUT2D eigenvalue weighted by Gasteiger charge is 2.10. The molecule has 2 N–H and O–H groups in total. The van der Waals surface area contributed by atoms with Crippen molar-refractivity contribution in [3.05, 3.63) is 83.7 Å². The molecule has 0 saturated heterocycles. The van der Waals surface area contributed by atoms with Crippen LogP contribution in [0.4, 0.5) is 5.69 Å². The van der Waals surface area contributed by atoms with Crippen LogP contribution in [-0.2, 0) is 4.79 Å². The SMILES string of the molecule is Cc1cccc(NC(=O)CNC(=O)c2ccc(-n3cccc3)cc2)c1C. The van der Waals surface area contributed by atoms with E-state index in [2.05, 4.69) is 10.6 Å². The Kier molecular flexibility index (Phi) is 5.17. The third kappa shape index (κ3) is 4.00. The van der Waals surface area contributed by atoms with Gasteiger partial charge in [0.1, 0.15) is 0 Å². The topological polar surface area (TPSA) is 63.1 Å². The number of amides is 2. The van der Waals surface area contributed by atoms with Gasteiger partial charge in [0, 0.05) is 29.3 Å². The Morgan fingerprint density at radius 3 is 2.31 bits per heavy atom. The Hall–Kier alpha value is -3.34. The zero-order chi connectivity index (χ0) is 18.5. The van der Waals surface area contributed by atoms with Gasteiger partial charge in [0.25, 0.3) is 5.91 Å². The molecular weight excluding hydrogens is 326 g/mol. The van der Waals surface area contributed by atoms with E-state index < -0.39 is 0 Å². The first-order chi connectivity index (χ1) is 12.5. The molecule has 3 rings (SSSR count). The first-order valence-corrected chi connectivity index (χ1v) is 8.42. The summed E-state index contributed by atoms with van der Waals surface area (Å²) in [4.78, 5) is 24.3. The minimum Gasteiger partial charge on any atom is -0.343 e. The summed E-state index contributed by atoms with van der Waals surface area (Å²) in [6, 6.07) is 16.8. The number of aryl methyl sites for hydroxylation is 1. The maximum absolute atomic E-state index is 12.2. The van der Waals surface area contributed by atoms with Gasteiger partial charge in [-0.1, -0.05) is 12.1 Å². The highest BCUT2D eigenvalue weighted by atomic mass is 16.2. The van der Waals surface area contributed by atoms with E-state index >= 15 is 0 Å². The van der Waals surface area contributed by atoms with Crippen LogP contribution in [0.15, 0.2) is 67.0 Å². The highest BCUT2D eigenvalue weighted by Crippen LogP contribution is 2.17. The number of benzene rings is 2. The quantitative estimate of drug-likeness (QED) is 0.742. The van der Waals surface area contributed by atoms with Gasteiger partial charge in [-0.25, -0.2) is 0 Å². The van der Waals surface area contributed by atoms with E-state index in [1.165, 1.54) is 0 Å². The summed E-state index contributed by atoms with van der Waals surface area (Å²) in [6.45, 7) is 3.87. The summed E-state index contributed by atoms with van der Waals surface area (Å²) in [6.07, 6.45) is 3.87. The summed E-state index contributed by atoms with van der Waals surface area (Å²) in [7, 11) is 0. The van der Waals surface area contributed by atoms with Gasteiger partial charge < -0.3 is 15.2 Å². The molecule has 0 aliphatic carbocycles. The molecule has 5 nitrogen and oxygen atoms in total. The van der Waals surface area contributed by atoms with Crippen molar-refractivity contribution in [2.45, 2.75) is 13.8 Å². The van der Waals surface area contributed by atoms with Crippen LogP contribution in [0.2, 0.25) is 0 Å². The molecule has 2 amide bonds. The van der Waals surface area contributed by atoms with Crippen molar-refractivity contribution < 1.29 is 9.59 Å². The molecule has 132 valence electrons. The van der Waals surface area contributed by atoms with Crippen LogP contribution in [0, 0.1) is 13.8 Å². The number of carbonyl (C=O) groups is 2. The minimum atomic E-state index is -0.278. The predicted molar refractivity (Wildman–Crippen MR) is 103 cm³/mol. The van der Waals surface area contributed by atoms with E-state index in [0.717, 1.165) is 22.5 Å². The molecule has 0 spiro atoms. The molecule has 1 heterocycles. The van der Waals surface area contributed by atoms with E-state index in [-0.39, 0.29) is 18.4 Å². The van der Waals surface area contributed by atoms with Gasteiger partial charge in [-0.3, -0.25) is 9.59 Å². The molecule has 26 heavy (non-hydrogen) atoms. The average molecular weight is 347 g/mol. The van der Waals surface area contributed by atoms with Gasteiger partial charge in [-0.05, 0) is 67.4 Å². The van der Waals surface area contributed by atoms with Crippen LogP contribution in [0.5, 0.6) is 0 Å². The smallest absolute Gasteiger partial charge is 0.251 e. The van der Waals surface area contributed by atoms with Gasteiger partial charge in [0.05, 0.1) is 6.54 Å². The van der Waals surface area contributed by atoms with E-state index in [0.29, 0.717) is 5.56 Å². The summed E-state index contributed by atoms with van der Waals surface area (Å²) in [5.41, 5.74) is 4.38. The van der Waals surface area contributed by atoms with Crippen LogP contribution in [0.3, 0.4) is 0 Å². The van der Waals surface area contributed by atoms with Gasteiger partial charge in [-0.2, -0.15) is 0 Å². The third-order valence-electron chi connectivity index (χ3n) is 4.32. The molecule has 0 bridgehead atoms. The number of carbonyl (C=O) groups excluding carboxylic acids is 2. The van der Waals surface area contributed by atoms with Crippen molar-refractivity contribution >= 4 is 17.5 Å². The lowest BCUT2D eigenvalue weighted by Crippen LogP contribution is -2.33. The number of anilines is 1. The average Bonchev–Trinajstić information content (AvgIpc) is 3.18. The first kappa shape index (κ1) is 17.5. The number of nitrogens with zero attached hydrogens (tertiary/aromatic N) is 1. The molecular formula is C21H21N3O2. The van der Waals surface area contributed by atoms with E-state index in [1.807, 2.05) is 73.3 Å². The summed E-state index contributed by atoms with van der Waals surface area (Å²) in [5.74, 6) is -0.531. The maximum atomic E-state index is 12.2. The van der Waals surface area contributed by atoms with Gasteiger partial charge in [-0.15, -0.1) is 0 Å². The molecule has 0 unspecified atom stereocenters. The van der Waals surface area contributed by atoms with Crippen LogP contribution in [-0.4, -0.2) is 22.9 Å². The van der Waals surface area contributed by atoms with Crippen molar-refractivity contribution in [2.75, 3.05) is 11.9 Å². The summed E-state index contributed by atoms with van der Waals surface area (Å²) in [5, 5.41) is 5.48. The monoisotopic (exact) mass is 347 g/mol. The van der Waals surface area contributed by atoms with Crippen molar-refractivity contribution in [1.82, 2.24) is 9.88 Å². The molecule has 0 saturated carbocycles. The number of hydrogen-bond acceptors (Lipinski definition) is 2. The largest absolute Gasteiger partial charge is 0.343 e. The zero-order valence-corrected chi connectivity index (χ0v) is 14.8. The Balaban J connectivity index is 1.56. The van der Waals surface area contributed by atoms with E-state index in [9.17, 15) is 9.59 Å². The fourth-order valence-corrected chi connectivity index (χ4v) is 2.64. The molecule has 2 aromatic carbocycles. The maximum Gasteiger partial charge on any atom is 0.251 e. The van der Waals surface area contributed by atoms with E-state index in [1.54, 1.807) is 12.1 Å². The third-order valence-corrected chi connectivity index (χ3v) is 4.32. The molecule has 1 aromatic heterocycles. The van der Waals surface area contributed by atoms with Crippen LogP contribution in [0.1, 0.15) is 21.5 Å². The molecule has 0 radical (unpaired) electrons. The fraction of sp³-hybridized carbons (Fsp3) is 0.143. The van der Waals surface area contributed by atoms with Crippen molar-refractivity contribution in [3.63, 3.8) is 0 Å². The second kappa shape index (κ2) is 7.70. The predicted octanol–water partition coefficient (Wildman–Crippen LogP) is 3.46. The molecule has 0 fully saturated rings. The molecule has 0 aliphatic rings. The van der Waals surface area contributed by atoms with Crippen molar-refractivity contribution in [3.8, 4) is 5.69 Å². The first-order valence-electron chi connectivity index (χ1n) is 8.42. The Labute approximate surface area is 152 Å². The highest BCUT2D eigenvalue weighted by molar-refractivity contribution is 5.99. The van der Waals surface area contributed by atoms with Gasteiger partial charge in [0.15, 0.2) is 0 Å². The zero-order valence-electron chi connectivity index (χ0n) is 14.8. The van der Waals surface area contributed by atoms with Crippen LogP contribution in [0.25, 0.3) is 5.69 Å². The second-order valence-corrected chi connectivity index (χ2v) is 6.12.